The lowest BCUT2D eigenvalue weighted by atomic mass is 10.1. The van der Waals surface area contributed by atoms with Gasteiger partial charge < -0.3 is 5.32 Å². The van der Waals surface area contributed by atoms with Gasteiger partial charge in [0.1, 0.15) is 0 Å². The Labute approximate surface area is 124 Å². The van der Waals surface area contributed by atoms with E-state index in [9.17, 15) is 0 Å². The number of aromatic nitrogens is 2. The molecule has 0 radical (unpaired) electrons. The van der Waals surface area contributed by atoms with Gasteiger partial charge in [0.15, 0.2) is 0 Å². The summed E-state index contributed by atoms with van der Waals surface area (Å²) in [6.07, 6.45) is 6.59. The molecule has 0 aliphatic carbocycles. The molecular weight excluding hydrogens is 274 g/mol. The molecule has 1 aromatic rings. The molecule has 1 N–H and O–H groups in total. The Morgan fingerprint density at radius 3 is 2.84 bits per heavy atom. The lowest BCUT2D eigenvalue weighted by Gasteiger charge is -2.36. The molecule has 5 heteroatoms. The van der Waals surface area contributed by atoms with E-state index in [1.807, 2.05) is 6.20 Å². The summed E-state index contributed by atoms with van der Waals surface area (Å²) in [6.45, 7) is 7.90. The first-order valence-corrected chi connectivity index (χ1v) is 8.98. The lowest BCUT2D eigenvalue weighted by Crippen LogP contribution is -2.38. The van der Waals surface area contributed by atoms with Gasteiger partial charge in [-0.2, -0.15) is 23.5 Å². The Balaban J connectivity index is 2.09. The molecule has 4 unspecified atom stereocenters. The fourth-order valence-corrected chi connectivity index (χ4v) is 5.28. The maximum absolute atomic E-state index is 4.50. The average molecular weight is 297 g/mol. The average Bonchev–Trinajstić information content (AvgIpc) is 2.44. The molecule has 1 fully saturated rings. The molecule has 0 saturated carbocycles. The van der Waals surface area contributed by atoms with Crippen molar-refractivity contribution in [2.24, 2.45) is 0 Å². The van der Waals surface area contributed by atoms with Crippen LogP contribution in [-0.2, 0) is 0 Å². The van der Waals surface area contributed by atoms with Crippen molar-refractivity contribution >= 4 is 23.5 Å². The van der Waals surface area contributed by atoms with Crippen molar-refractivity contribution in [1.82, 2.24) is 15.3 Å². The van der Waals surface area contributed by atoms with Gasteiger partial charge in [-0.25, -0.2) is 0 Å². The van der Waals surface area contributed by atoms with Crippen LogP contribution in [0.15, 0.2) is 18.6 Å². The van der Waals surface area contributed by atoms with Crippen molar-refractivity contribution in [3.8, 4) is 0 Å². The van der Waals surface area contributed by atoms with E-state index in [0.29, 0.717) is 16.5 Å². The molecule has 19 heavy (non-hydrogen) atoms. The van der Waals surface area contributed by atoms with Crippen LogP contribution >= 0.6 is 23.5 Å². The third-order valence-corrected chi connectivity index (χ3v) is 6.96. The van der Waals surface area contributed by atoms with Crippen LogP contribution in [-0.4, -0.2) is 38.0 Å². The molecule has 4 atom stereocenters. The zero-order valence-electron chi connectivity index (χ0n) is 11.9. The van der Waals surface area contributed by atoms with E-state index >= 15 is 0 Å². The molecule has 0 aromatic carbocycles. The van der Waals surface area contributed by atoms with Crippen molar-refractivity contribution < 1.29 is 0 Å². The number of hydrogen-bond acceptors (Lipinski definition) is 5. The predicted octanol–water partition coefficient (Wildman–Crippen LogP) is 3.14. The molecule has 0 spiro atoms. The summed E-state index contributed by atoms with van der Waals surface area (Å²) in [5.74, 6) is 1.19. The minimum atomic E-state index is 0.320. The minimum Gasteiger partial charge on any atom is -0.308 e. The fraction of sp³-hybridized carbons (Fsp3) is 0.714. The van der Waals surface area contributed by atoms with Gasteiger partial charge in [0, 0.05) is 33.9 Å². The molecule has 0 bridgehead atoms. The highest BCUT2D eigenvalue weighted by Crippen LogP contribution is 2.40. The highest BCUT2D eigenvalue weighted by Gasteiger charge is 2.32. The van der Waals surface area contributed by atoms with Crippen LogP contribution < -0.4 is 5.32 Å². The van der Waals surface area contributed by atoms with E-state index in [1.165, 1.54) is 5.75 Å². The smallest absolute Gasteiger partial charge is 0.0767 e. The molecule has 1 saturated heterocycles. The monoisotopic (exact) mass is 297 g/mol. The van der Waals surface area contributed by atoms with E-state index in [0.717, 1.165) is 23.9 Å². The van der Waals surface area contributed by atoms with Crippen molar-refractivity contribution in [3.63, 3.8) is 0 Å². The standard InChI is InChI=1S/C14H23N3S2/c1-4-5-17-14(12-8-15-6-7-16-12)13-9-18-10(2)11(3)19-13/h6-8,10-11,13-14,17H,4-5,9H2,1-3H3. The quantitative estimate of drug-likeness (QED) is 0.904. The minimum absolute atomic E-state index is 0.320. The first-order chi connectivity index (χ1) is 9.22. The largest absolute Gasteiger partial charge is 0.308 e. The Kier molecular flexibility index (Phi) is 5.98. The third kappa shape index (κ3) is 4.10. The van der Waals surface area contributed by atoms with Gasteiger partial charge >= 0.3 is 0 Å². The summed E-state index contributed by atoms with van der Waals surface area (Å²) in [7, 11) is 0. The summed E-state index contributed by atoms with van der Waals surface area (Å²) < 4.78 is 0. The molecule has 0 amide bonds. The van der Waals surface area contributed by atoms with Gasteiger partial charge in [-0.3, -0.25) is 9.97 Å². The Hall–Kier alpha value is -0.260. The summed E-state index contributed by atoms with van der Waals surface area (Å²) in [5, 5.41) is 5.68. The SMILES string of the molecule is CCCNC(c1cnccn1)C1CSC(C)C(C)S1. The van der Waals surface area contributed by atoms with Gasteiger partial charge in [0.25, 0.3) is 0 Å². The van der Waals surface area contributed by atoms with E-state index in [2.05, 4.69) is 59.6 Å². The molecular formula is C14H23N3S2. The topological polar surface area (TPSA) is 37.8 Å². The summed E-state index contributed by atoms with van der Waals surface area (Å²) in [6, 6.07) is 0.320. The second-order valence-corrected chi connectivity index (χ2v) is 8.01. The van der Waals surface area contributed by atoms with Crippen LogP contribution in [0.2, 0.25) is 0 Å². The molecule has 1 aromatic heterocycles. The molecule has 2 rings (SSSR count). The van der Waals surface area contributed by atoms with E-state index in [-0.39, 0.29) is 0 Å². The van der Waals surface area contributed by atoms with Crippen LogP contribution in [0, 0.1) is 0 Å². The van der Waals surface area contributed by atoms with E-state index < -0.39 is 0 Å². The first kappa shape index (κ1) is 15.1. The number of nitrogens with zero attached hydrogens (tertiary/aromatic N) is 2. The van der Waals surface area contributed by atoms with Crippen molar-refractivity contribution in [3.05, 3.63) is 24.3 Å². The zero-order chi connectivity index (χ0) is 13.7. The number of thioether (sulfide) groups is 2. The second kappa shape index (κ2) is 7.50. The Morgan fingerprint density at radius 1 is 1.37 bits per heavy atom. The van der Waals surface area contributed by atoms with Gasteiger partial charge in [-0.1, -0.05) is 20.8 Å². The molecule has 106 valence electrons. The van der Waals surface area contributed by atoms with E-state index in [4.69, 9.17) is 0 Å². The van der Waals surface area contributed by atoms with E-state index in [1.54, 1.807) is 12.4 Å². The third-order valence-electron chi connectivity index (χ3n) is 3.46. The summed E-state index contributed by atoms with van der Waals surface area (Å²) in [5.41, 5.74) is 1.08. The van der Waals surface area contributed by atoms with Crippen LogP contribution in [0.3, 0.4) is 0 Å². The van der Waals surface area contributed by atoms with Gasteiger partial charge in [-0.15, -0.1) is 0 Å². The van der Waals surface area contributed by atoms with Crippen molar-refractivity contribution in [1.29, 1.82) is 0 Å². The van der Waals surface area contributed by atoms with Crippen LogP contribution in [0.5, 0.6) is 0 Å². The predicted molar refractivity (Wildman–Crippen MR) is 85.8 cm³/mol. The highest BCUT2D eigenvalue weighted by molar-refractivity contribution is 8.07. The number of nitrogens with one attached hydrogen (secondary N) is 1. The fourth-order valence-electron chi connectivity index (χ4n) is 2.18. The van der Waals surface area contributed by atoms with Gasteiger partial charge in [0.2, 0.25) is 0 Å². The summed E-state index contributed by atoms with van der Waals surface area (Å²) in [4.78, 5) is 8.73. The number of rotatable bonds is 5. The Bertz CT molecular complexity index is 374. The Morgan fingerprint density at radius 2 is 2.21 bits per heavy atom. The summed E-state index contributed by atoms with van der Waals surface area (Å²) >= 11 is 4.18. The normalized spacial score (nSPS) is 29.1. The van der Waals surface area contributed by atoms with Crippen LogP contribution in [0.4, 0.5) is 0 Å². The van der Waals surface area contributed by atoms with Crippen LogP contribution in [0.1, 0.15) is 38.9 Å². The molecule has 3 nitrogen and oxygen atoms in total. The van der Waals surface area contributed by atoms with Crippen molar-refractivity contribution in [2.75, 3.05) is 12.3 Å². The highest BCUT2D eigenvalue weighted by atomic mass is 32.2. The molecule has 2 heterocycles. The lowest BCUT2D eigenvalue weighted by molar-refractivity contribution is 0.515. The second-order valence-electron chi connectivity index (χ2n) is 4.98. The first-order valence-electron chi connectivity index (χ1n) is 6.98. The number of hydrogen-bond donors (Lipinski definition) is 1. The molecule has 1 aliphatic rings. The maximum atomic E-state index is 4.50. The molecule has 1 aliphatic heterocycles. The maximum Gasteiger partial charge on any atom is 0.0767 e. The van der Waals surface area contributed by atoms with Crippen LogP contribution in [0.25, 0.3) is 0 Å². The van der Waals surface area contributed by atoms with Crippen molar-refractivity contribution in [2.45, 2.75) is 49.0 Å². The van der Waals surface area contributed by atoms with Gasteiger partial charge in [0.05, 0.1) is 17.9 Å². The van der Waals surface area contributed by atoms with Gasteiger partial charge in [-0.05, 0) is 13.0 Å². The zero-order valence-corrected chi connectivity index (χ0v) is 13.5.